The lowest BCUT2D eigenvalue weighted by molar-refractivity contribution is 0.620. The van der Waals surface area contributed by atoms with Gasteiger partial charge in [0.15, 0.2) is 5.96 Å². The number of hydrogen-bond acceptors (Lipinski definition) is 1. The van der Waals surface area contributed by atoms with Crippen LogP contribution in [0.25, 0.3) is 0 Å². The number of hydrogen-bond donors (Lipinski definition) is 2. The molecule has 0 aromatic heterocycles. The summed E-state index contributed by atoms with van der Waals surface area (Å²) in [6.45, 7) is 3.57. The second-order valence-electron chi connectivity index (χ2n) is 4.05. The first kappa shape index (κ1) is 18.6. The molecule has 0 atom stereocenters. The van der Waals surface area contributed by atoms with Gasteiger partial charge in [0, 0.05) is 13.1 Å². The second kappa shape index (κ2) is 10.4. The van der Waals surface area contributed by atoms with Crippen molar-refractivity contribution in [3.05, 3.63) is 34.1 Å². The SMILES string of the molecule is CCCCN=C(N)NCCc1ccc(F)c(Br)c1.I. The summed E-state index contributed by atoms with van der Waals surface area (Å²) in [4.78, 5) is 4.19. The van der Waals surface area contributed by atoms with E-state index in [1.54, 1.807) is 12.1 Å². The van der Waals surface area contributed by atoms with Crippen molar-refractivity contribution in [1.82, 2.24) is 5.32 Å². The molecule has 0 aliphatic carbocycles. The Hall–Kier alpha value is -0.370. The Balaban J connectivity index is 0.00000324. The zero-order valence-corrected chi connectivity index (χ0v) is 14.9. The third-order valence-electron chi connectivity index (χ3n) is 2.50. The molecule has 108 valence electrons. The van der Waals surface area contributed by atoms with Crippen LogP contribution in [-0.4, -0.2) is 19.0 Å². The molecule has 0 bridgehead atoms. The van der Waals surface area contributed by atoms with Gasteiger partial charge in [-0.1, -0.05) is 19.4 Å². The minimum atomic E-state index is -0.243. The van der Waals surface area contributed by atoms with E-state index in [0.717, 1.165) is 31.4 Å². The maximum atomic E-state index is 13.0. The largest absolute Gasteiger partial charge is 0.370 e. The molecule has 0 saturated carbocycles. The fraction of sp³-hybridized carbons (Fsp3) is 0.462. The maximum Gasteiger partial charge on any atom is 0.188 e. The number of nitrogens with two attached hydrogens (primary N) is 1. The molecule has 0 radical (unpaired) electrons. The van der Waals surface area contributed by atoms with E-state index in [-0.39, 0.29) is 29.8 Å². The van der Waals surface area contributed by atoms with E-state index in [4.69, 9.17) is 5.73 Å². The molecule has 1 aromatic rings. The summed E-state index contributed by atoms with van der Waals surface area (Å²) in [5.74, 6) is 0.233. The van der Waals surface area contributed by atoms with Gasteiger partial charge in [0.05, 0.1) is 4.47 Å². The summed E-state index contributed by atoms with van der Waals surface area (Å²) >= 11 is 3.17. The van der Waals surface area contributed by atoms with Crippen LogP contribution in [0.5, 0.6) is 0 Å². The molecule has 0 amide bonds. The fourth-order valence-corrected chi connectivity index (χ4v) is 1.87. The van der Waals surface area contributed by atoms with Gasteiger partial charge in [-0.15, -0.1) is 24.0 Å². The number of nitrogens with zero attached hydrogens (tertiary/aromatic N) is 1. The Morgan fingerprint density at radius 2 is 2.21 bits per heavy atom. The second-order valence-corrected chi connectivity index (χ2v) is 4.90. The van der Waals surface area contributed by atoms with E-state index in [2.05, 4.69) is 33.2 Å². The number of halogens is 3. The molecule has 19 heavy (non-hydrogen) atoms. The summed E-state index contributed by atoms with van der Waals surface area (Å²) < 4.78 is 13.5. The molecule has 3 nitrogen and oxygen atoms in total. The normalized spacial score (nSPS) is 11.0. The minimum Gasteiger partial charge on any atom is -0.370 e. The zero-order valence-electron chi connectivity index (χ0n) is 11.0. The van der Waals surface area contributed by atoms with Crippen molar-refractivity contribution in [1.29, 1.82) is 0 Å². The number of guanidine groups is 1. The molecular formula is C13H20BrFIN3. The van der Waals surface area contributed by atoms with Crippen LogP contribution in [0.3, 0.4) is 0 Å². The van der Waals surface area contributed by atoms with Crippen molar-refractivity contribution in [3.63, 3.8) is 0 Å². The Bertz CT molecular complexity index is 413. The Morgan fingerprint density at radius 3 is 2.84 bits per heavy atom. The van der Waals surface area contributed by atoms with Crippen molar-refractivity contribution in [2.24, 2.45) is 10.7 Å². The maximum absolute atomic E-state index is 13.0. The zero-order chi connectivity index (χ0) is 13.4. The highest BCUT2D eigenvalue weighted by Crippen LogP contribution is 2.16. The first-order valence-electron chi connectivity index (χ1n) is 6.11. The van der Waals surface area contributed by atoms with Crippen LogP contribution in [0.1, 0.15) is 25.3 Å². The first-order valence-corrected chi connectivity index (χ1v) is 6.90. The molecule has 0 spiro atoms. The Labute approximate surface area is 139 Å². The Morgan fingerprint density at radius 1 is 1.47 bits per heavy atom. The third kappa shape index (κ3) is 7.71. The summed E-state index contributed by atoms with van der Waals surface area (Å²) in [7, 11) is 0. The van der Waals surface area contributed by atoms with Gasteiger partial charge in [0.2, 0.25) is 0 Å². The topological polar surface area (TPSA) is 50.4 Å². The van der Waals surface area contributed by atoms with Crippen LogP contribution in [-0.2, 0) is 6.42 Å². The number of rotatable bonds is 6. The van der Waals surface area contributed by atoms with Gasteiger partial charge < -0.3 is 11.1 Å². The van der Waals surface area contributed by atoms with Gasteiger partial charge in [0.1, 0.15) is 5.82 Å². The van der Waals surface area contributed by atoms with Crippen LogP contribution in [0.15, 0.2) is 27.7 Å². The molecular weight excluding hydrogens is 424 g/mol. The van der Waals surface area contributed by atoms with E-state index >= 15 is 0 Å². The molecule has 1 rings (SSSR count). The van der Waals surface area contributed by atoms with Crippen LogP contribution in [0.2, 0.25) is 0 Å². The molecule has 0 aliphatic heterocycles. The molecule has 0 aliphatic rings. The quantitative estimate of drug-likeness (QED) is 0.306. The summed E-state index contributed by atoms with van der Waals surface area (Å²) in [6, 6.07) is 5.01. The van der Waals surface area contributed by atoms with Crippen molar-refractivity contribution < 1.29 is 4.39 Å². The van der Waals surface area contributed by atoms with Gasteiger partial charge in [-0.3, -0.25) is 4.99 Å². The monoisotopic (exact) mass is 443 g/mol. The number of unbranched alkanes of at least 4 members (excludes halogenated alkanes) is 1. The highest BCUT2D eigenvalue weighted by Gasteiger charge is 2.00. The minimum absolute atomic E-state index is 0. The molecule has 0 heterocycles. The highest BCUT2D eigenvalue weighted by atomic mass is 127. The smallest absolute Gasteiger partial charge is 0.188 e. The number of aliphatic imine (C=N–C) groups is 1. The summed E-state index contributed by atoms with van der Waals surface area (Å²) in [5.41, 5.74) is 6.76. The van der Waals surface area contributed by atoms with Crippen LogP contribution in [0, 0.1) is 5.82 Å². The van der Waals surface area contributed by atoms with E-state index in [0.29, 0.717) is 17.0 Å². The lowest BCUT2D eigenvalue weighted by atomic mass is 10.1. The molecule has 6 heteroatoms. The number of benzene rings is 1. The van der Waals surface area contributed by atoms with Crippen LogP contribution < -0.4 is 11.1 Å². The molecule has 3 N–H and O–H groups in total. The predicted octanol–water partition coefficient (Wildman–Crippen LogP) is 3.45. The molecule has 1 aromatic carbocycles. The van der Waals surface area contributed by atoms with E-state index in [1.165, 1.54) is 6.07 Å². The lowest BCUT2D eigenvalue weighted by Gasteiger charge is -2.06. The van der Waals surface area contributed by atoms with Gasteiger partial charge in [-0.25, -0.2) is 4.39 Å². The van der Waals surface area contributed by atoms with E-state index in [9.17, 15) is 4.39 Å². The molecule has 0 unspecified atom stereocenters. The van der Waals surface area contributed by atoms with Gasteiger partial charge in [-0.2, -0.15) is 0 Å². The summed E-state index contributed by atoms with van der Waals surface area (Å²) in [6.07, 6.45) is 2.94. The highest BCUT2D eigenvalue weighted by molar-refractivity contribution is 14.0. The average Bonchev–Trinajstić information content (AvgIpc) is 2.34. The van der Waals surface area contributed by atoms with Crippen LogP contribution in [0.4, 0.5) is 4.39 Å². The first-order chi connectivity index (χ1) is 8.63. The van der Waals surface area contributed by atoms with Crippen molar-refractivity contribution in [3.8, 4) is 0 Å². The van der Waals surface area contributed by atoms with Gasteiger partial charge in [0.25, 0.3) is 0 Å². The van der Waals surface area contributed by atoms with Gasteiger partial charge in [-0.05, 0) is 46.5 Å². The van der Waals surface area contributed by atoms with E-state index in [1.807, 2.05) is 0 Å². The molecule has 0 fully saturated rings. The van der Waals surface area contributed by atoms with E-state index < -0.39 is 0 Å². The summed E-state index contributed by atoms with van der Waals surface area (Å²) in [5, 5.41) is 3.04. The Kier molecular flexibility index (Phi) is 10.2. The lowest BCUT2D eigenvalue weighted by Crippen LogP contribution is -2.33. The fourth-order valence-electron chi connectivity index (χ4n) is 1.44. The van der Waals surface area contributed by atoms with Crippen LogP contribution >= 0.6 is 39.9 Å². The standard InChI is InChI=1S/C13H19BrFN3.HI/c1-2-3-7-17-13(16)18-8-6-10-4-5-12(15)11(14)9-10;/h4-5,9H,2-3,6-8H2,1H3,(H3,16,17,18);1H. The predicted molar refractivity (Wildman–Crippen MR) is 92.6 cm³/mol. The van der Waals surface area contributed by atoms with Gasteiger partial charge >= 0.3 is 0 Å². The van der Waals surface area contributed by atoms with Crippen molar-refractivity contribution in [2.45, 2.75) is 26.2 Å². The third-order valence-corrected chi connectivity index (χ3v) is 3.11. The van der Waals surface area contributed by atoms with Crippen molar-refractivity contribution in [2.75, 3.05) is 13.1 Å². The van der Waals surface area contributed by atoms with Crippen molar-refractivity contribution >= 4 is 45.9 Å². The molecule has 0 saturated heterocycles. The number of nitrogens with one attached hydrogen (secondary N) is 1. The average molecular weight is 444 g/mol.